The van der Waals surface area contributed by atoms with Crippen molar-refractivity contribution in [1.29, 1.82) is 0 Å². The highest BCUT2D eigenvalue weighted by Gasteiger charge is 1.96. The first-order chi connectivity index (χ1) is 11.3. The third-order valence-corrected chi connectivity index (χ3v) is 5.51. The van der Waals surface area contributed by atoms with Crippen molar-refractivity contribution < 1.29 is 4.79 Å². The first-order valence-corrected chi connectivity index (χ1v) is 11.3. The summed E-state index contributed by atoms with van der Waals surface area (Å²) in [6.07, 6.45) is 21.0. The summed E-state index contributed by atoms with van der Waals surface area (Å²) in [5, 5.41) is 0. The molecule has 0 bridgehead atoms. The molecule has 0 aliphatic carbocycles. The van der Waals surface area contributed by atoms with Gasteiger partial charge in [0.05, 0.1) is 0 Å². The second-order valence-corrected chi connectivity index (χ2v) is 8.00. The average Bonchev–Trinajstić information content (AvgIpc) is 2.53. The van der Waals surface area contributed by atoms with E-state index in [-0.39, 0.29) is 5.91 Å². The lowest BCUT2D eigenvalue weighted by Gasteiger charge is -2.03. The minimum Gasteiger partial charge on any atom is -0.370 e. The highest BCUT2D eigenvalue weighted by Crippen LogP contribution is 2.14. The molecule has 138 valence electrons. The van der Waals surface area contributed by atoms with E-state index in [0.717, 1.165) is 12.8 Å². The Kier molecular flexibility index (Phi) is 19.7. The monoisotopic (exact) mass is 343 g/mol. The summed E-state index contributed by atoms with van der Waals surface area (Å²) < 4.78 is 0. The topological polar surface area (TPSA) is 43.1 Å². The van der Waals surface area contributed by atoms with Gasteiger partial charge in [-0.2, -0.15) is 11.8 Å². The molecule has 0 spiro atoms. The lowest BCUT2D eigenvalue weighted by atomic mass is 10.1. The third kappa shape index (κ3) is 21.8. The van der Waals surface area contributed by atoms with Gasteiger partial charge in [-0.25, -0.2) is 0 Å². The Labute approximate surface area is 149 Å². The molecule has 1 amide bonds. The van der Waals surface area contributed by atoms with Crippen molar-refractivity contribution in [2.75, 3.05) is 11.5 Å². The number of hydrogen-bond donors (Lipinski definition) is 1. The molecule has 2 nitrogen and oxygen atoms in total. The van der Waals surface area contributed by atoms with Crippen LogP contribution in [0.3, 0.4) is 0 Å². The van der Waals surface area contributed by atoms with Crippen LogP contribution in [-0.4, -0.2) is 17.4 Å². The van der Waals surface area contributed by atoms with Gasteiger partial charge in [-0.1, -0.05) is 84.0 Å². The molecule has 0 atom stereocenters. The van der Waals surface area contributed by atoms with E-state index in [0.29, 0.717) is 6.42 Å². The van der Waals surface area contributed by atoms with Crippen molar-refractivity contribution in [1.82, 2.24) is 0 Å². The average molecular weight is 344 g/mol. The van der Waals surface area contributed by atoms with Gasteiger partial charge in [0.1, 0.15) is 0 Å². The zero-order valence-corrected chi connectivity index (χ0v) is 16.4. The molecule has 0 aromatic heterocycles. The van der Waals surface area contributed by atoms with Gasteiger partial charge in [-0.05, 0) is 30.8 Å². The van der Waals surface area contributed by atoms with Crippen LogP contribution in [0.2, 0.25) is 0 Å². The van der Waals surface area contributed by atoms with Crippen molar-refractivity contribution in [3.8, 4) is 0 Å². The largest absolute Gasteiger partial charge is 0.370 e. The maximum atomic E-state index is 10.6. The summed E-state index contributed by atoms with van der Waals surface area (Å²) >= 11 is 2.08. The minimum absolute atomic E-state index is 0.158. The number of hydrogen-bond acceptors (Lipinski definition) is 2. The SMILES string of the molecule is CCCCCCCCCCCCCCSCCCCCC(N)=O. The molecule has 0 saturated carbocycles. The third-order valence-electron chi connectivity index (χ3n) is 4.35. The van der Waals surface area contributed by atoms with Crippen LogP contribution in [0.25, 0.3) is 0 Å². The zero-order valence-electron chi connectivity index (χ0n) is 15.6. The van der Waals surface area contributed by atoms with Gasteiger partial charge in [-0.3, -0.25) is 4.79 Å². The lowest BCUT2D eigenvalue weighted by molar-refractivity contribution is -0.118. The summed E-state index contributed by atoms with van der Waals surface area (Å²) in [6, 6.07) is 0. The number of primary amides is 1. The van der Waals surface area contributed by atoms with Gasteiger partial charge < -0.3 is 5.73 Å². The van der Waals surface area contributed by atoms with Crippen molar-refractivity contribution in [3.05, 3.63) is 0 Å². The molecule has 2 N–H and O–H groups in total. The van der Waals surface area contributed by atoms with Gasteiger partial charge in [0.15, 0.2) is 0 Å². The number of nitrogens with two attached hydrogens (primary N) is 1. The fourth-order valence-corrected chi connectivity index (χ4v) is 3.85. The van der Waals surface area contributed by atoms with E-state index in [2.05, 4.69) is 18.7 Å². The van der Waals surface area contributed by atoms with Crippen LogP contribution in [0.5, 0.6) is 0 Å². The molecule has 0 saturated heterocycles. The maximum absolute atomic E-state index is 10.6. The predicted octanol–water partition coefficient (Wildman–Crippen LogP) is 6.47. The normalized spacial score (nSPS) is 11.0. The Morgan fingerprint density at radius 2 is 1.04 bits per heavy atom. The number of thioether (sulfide) groups is 1. The van der Waals surface area contributed by atoms with Gasteiger partial charge in [0, 0.05) is 6.42 Å². The molecular weight excluding hydrogens is 302 g/mol. The molecule has 0 fully saturated rings. The van der Waals surface area contributed by atoms with E-state index in [9.17, 15) is 4.79 Å². The number of carbonyl (C=O) groups excluding carboxylic acids is 1. The number of carbonyl (C=O) groups is 1. The van der Waals surface area contributed by atoms with Crippen molar-refractivity contribution in [3.63, 3.8) is 0 Å². The van der Waals surface area contributed by atoms with Crippen molar-refractivity contribution in [2.45, 2.75) is 110 Å². The molecule has 0 aromatic rings. The standard InChI is InChI=1S/C20H41NOS/c1-2-3-4-5-6-7-8-9-10-11-12-15-18-23-19-16-13-14-17-20(21)22/h2-19H2,1H3,(H2,21,22). The molecular formula is C20H41NOS. The minimum atomic E-state index is -0.158. The van der Waals surface area contributed by atoms with Crippen molar-refractivity contribution >= 4 is 17.7 Å². The van der Waals surface area contributed by atoms with Crippen LogP contribution in [0.15, 0.2) is 0 Å². The van der Waals surface area contributed by atoms with Crippen LogP contribution in [-0.2, 0) is 4.79 Å². The Balaban J connectivity index is 2.96. The van der Waals surface area contributed by atoms with E-state index >= 15 is 0 Å². The fraction of sp³-hybridized carbons (Fsp3) is 0.950. The molecule has 0 radical (unpaired) electrons. The van der Waals surface area contributed by atoms with E-state index in [1.807, 2.05) is 0 Å². The maximum Gasteiger partial charge on any atom is 0.217 e. The van der Waals surface area contributed by atoms with Gasteiger partial charge >= 0.3 is 0 Å². The second kappa shape index (κ2) is 19.9. The summed E-state index contributed by atoms with van der Waals surface area (Å²) in [6.45, 7) is 2.28. The Bertz CT molecular complexity index is 246. The molecule has 0 rings (SSSR count). The van der Waals surface area contributed by atoms with Crippen LogP contribution in [0.1, 0.15) is 110 Å². The second-order valence-electron chi connectivity index (χ2n) is 6.78. The first kappa shape index (κ1) is 22.8. The molecule has 3 heteroatoms. The number of unbranched alkanes of at least 4 members (excludes halogenated alkanes) is 13. The fourth-order valence-electron chi connectivity index (χ4n) is 2.83. The van der Waals surface area contributed by atoms with E-state index in [1.165, 1.54) is 95.0 Å². The lowest BCUT2D eigenvalue weighted by Crippen LogP contribution is -2.09. The molecule has 0 aliphatic heterocycles. The molecule has 0 unspecified atom stereocenters. The Morgan fingerprint density at radius 3 is 1.48 bits per heavy atom. The van der Waals surface area contributed by atoms with Crippen molar-refractivity contribution in [2.24, 2.45) is 5.73 Å². The highest BCUT2D eigenvalue weighted by molar-refractivity contribution is 7.99. The van der Waals surface area contributed by atoms with Gasteiger partial charge in [0.25, 0.3) is 0 Å². The molecule has 23 heavy (non-hydrogen) atoms. The van der Waals surface area contributed by atoms with Crippen LogP contribution >= 0.6 is 11.8 Å². The zero-order chi connectivity index (χ0) is 17.0. The smallest absolute Gasteiger partial charge is 0.217 e. The quantitative estimate of drug-likeness (QED) is 0.273. The van der Waals surface area contributed by atoms with Crippen LogP contribution in [0.4, 0.5) is 0 Å². The summed E-state index contributed by atoms with van der Waals surface area (Å²) in [4.78, 5) is 10.6. The molecule has 0 aromatic carbocycles. The predicted molar refractivity (Wildman–Crippen MR) is 106 cm³/mol. The van der Waals surface area contributed by atoms with Gasteiger partial charge in [0.2, 0.25) is 5.91 Å². The molecule has 0 aliphatic rings. The van der Waals surface area contributed by atoms with E-state index in [4.69, 9.17) is 5.73 Å². The number of rotatable bonds is 19. The number of amides is 1. The van der Waals surface area contributed by atoms with E-state index < -0.39 is 0 Å². The van der Waals surface area contributed by atoms with Crippen LogP contribution < -0.4 is 5.73 Å². The first-order valence-electron chi connectivity index (χ1n) is 10.1. The van der Waals surface area contributed by atoms with Gasteiger partial charge in [-0.15, -0.1) is 0 Å². The summed E-state index contributed by atoms with van der Waals surface area (Å²) in [5.74, 6) is 2.40. The highest BCUT2D eigenvalue weighted by atomic mass is 32.2. The molecule has 0 heterocycles. The summed E-state index contributed by atoms with van der Waals surface area (Å²) in [5.41, 5.74) is 5.12. The van der Waals surface area contributed by atoms with Crippen LogP contribution in [0, 0.1) is 0 Å². The summed E-state index contributed by atoms with van der Waals surface area (Å²) in [7, 11) is 0. The Hall–Kier alpha value is -0.180. The van der Waals surface area contributed by atoms with E-state index in [1.54, 1.807) is 0 Å². The Morgan fingerprint density at radius 1 is 0.652 bits per heavy atom.